The summed E-state index contributed by atoms with van der Waals surface area (Å²) < 4.78 is 0. The van der Waals surface area contributed by atoms with Gasteiger partial charge in [-0.05, 0) is 0 Å². The minimum absolute atomic E-state index is 0. The van der Waals surface area contributed by atoms with Crippen molar-refractivity contribution in [3.8, 4) is 0 Å². The molecule has 0 aromatic heterocycles. The second kappa shape index (κ2) is 31.8. The third-order valence-corrected chi connectivity index (χ3v) is 0. The van der Waals surface area contributed by atoms with Crippen LogP contribution < -0.4 is 0 Å². The minimum Gasteiger partial charge on any atom is -0.870 e. The third kappa shape index (κ3) is 11.1. The largest absolute Gasteiger partial charge is 3.00 e. The first kappa shape index (κ1) is 68.8. The summed E-state index contributed by atoms with van der Waals surface area (Å²) >= 11 is 0. The summed E-state index contributed by atoms with van der Waals surface area (Å²) in [5.41, 5.74) is 0. The molecule has 3 N–H and O–H groups in total. The van der Waals surface area contributed by atoms with Crippen molar-refractivity contribution in [1.82, 2.24) is 0 Å². The predicted octanol–water partition coefficient (Wildman–Crippen LogP) is -0.530. The molecule has 0 rings (SSSR count). The molecule has 0 amide bonds. The van der Waals surface area contributed by atoms with Crippen molar-refractivity contribution in [2.45, 2.75) is 0 Å². The fourth-order valence-electron chi connectivity index (χ4n) is 0. The van der Waals surface area contributed by atoms with Gasteiger partial charge in [-0.3, -0.25) is 0 Å². The SMILES string of the molecule is [Er+3].[OH-].[OH-].[OH-]. The first-order chi connectivity index (χ1) is 0. The summed E-state index contributed by atoms with van der Waals surface area (Å²) in [7, 11) is 0. The zero-order valence-electron chi connectivity index (χ0n) is 1.63. The van der Waals surface area contributed by atoms with E-state index in [0.717, 1.165) is 0 Å². The molecule has 0 saturated heterocycles. The van der Waals surface area contributed by atoms with Crippen LogP contribution in [0.1, 0.15) is 0 Å². The third-order valence-electron chi connectivity index (χ3n) is 0. The topological polar surface area (TPSA) is 90.0 Å². The van der Waals surface area contributed by atoms with Gasteiger partial charge in [0.1, 0.15) is 0 Å². The van der Waals surface area contributed by atoms with Gasteiger partial charge >= 0.3 is 37.3 Å². The summed E-state index contributed by atoms with van der Waals surface area (Å²) in [6.45, 7) is 0. The molecule has 33 valence electrons. The molecular weight excluding hydrogens is 215 g/mol. The summed E-state index contributed by atoms with van der Waals surface area (Å²) in [5, 5.41) is 0. The van der Waals surface area contributed by atoms with Crippen molar-refractivity contribution in [3.63, 3.8) is 0 Å². The van der Waals surface area contributed by atoms with Gasteiger partial charge in [0.2, 0.25) is 0 Å². The van der Waals surface area contributed by atoms with Crippen LogP contribution in [0.25, 0.3) is 0 Å². The van der Waals surface area contributed by atoms with E-state index >= 15 is 0 Å². The van der Waals surface area contributed by atoms with Crippen LogP contribution in [0.5, 0.6) is 0 Å². The van der Waals surface area contributed by atoms with Crippen LogP contribution in [0.15, 0.2) is 0 Å². The maximum atomic E-state index is 0. The van der Waals surface area contributed by atoms with Gasteiger partial charge in [-0.1, -0.05) is 0 Å². The van der Waals surface area contributed by atoms with Crippen LogP contribution in [-0.4, -0.2) is 16.4 Å². The number of rotatable bonds is 0. The van der Waals surface area contributed by atoms with E-state index in [1.54, 1.807) is 0 Å². The molecule has 0 aliphatic rings. The Kier molecular flexibility index (Phi) is 546. The molecule has 0 fully saturated rings. The van der Waals surface area contributed by atoms with E-state index < -0.39 is 0 Å². The maximum Gasteiger partial charge on any atom is 3.00 e. The zero-order chi connectivity index (χ0) is 0. The van der Waals surface area contributed by atoms with Gasteiger partial charge in [0.15, 0.2) is 0 Å². The fraction of sp³-hybridized carbons (Fsp3) is 0. The molecule has 0 atom stereocenters. The van der Waals surface area contributed by atoms with Gasteiger partial charge in [-0.25, -0.2) is 0 Å². The van der Waals surface area contributed by atoms with Gasteiger partial charge in [0, 0.05) is 0 Å². The van der Waals surface area contributed by atoms with E-state index in [9.17, 15) is 0 Å². The molecular formula is H3ErO3. The Bertz CT molecular complexity index is 3.25. The molecule has 0 bridgehead atoms. The van der Waals surface area contributed by atoms with E-state index in [4.69, 9.17) is 0 Å². The van der Waals surface area contributed by atoms with Gasteiger partial charge in [-0.15, -0.1) is 0 Å². The first-order valence-corrected chi connectivity index (χ1v) is 0. The second-order valence-corrected chi connectivity index (χ2v) is 0. The summed E-state index contributed by atoms with van der Waals surface area (Å²) in [5.74, 6) is 0. The molecule has 3 nitrogen and oxygen atoms in total. The average molecular weight is 218 g/mol. The van der Waals surface area contributed by atoms with Crippen LogP contribution in [0.4, 0.5) is 0 Å². The summed E-state index contributed by atoms with van der Waals surface area (Å²) in [4.78, 5) is 0. The Morgan fingerprint density at radius 1 is 0.500 bits per heavy atom. The zero-order valence-corrected chi connectivity index (χ0v) is 3.48. The van der Waals surface area contributed by atoms with Crippen LogP contribution in [-0.2, 0) is 0 Å². The van der Waals surface area contributed by atoms with Gasteiger partial charge in [0.05, 0.1) is 0 Å². The van der Waals surface area contributed by atoms with Crippen molar-refractivity contribution < 1.29 is 53.7 Å². The Balaban J connectivity index is 0. The molecule has 4 heteroatoms. The van der Waals surface area contributed by atoms with E-state index in [1.165, 1.54) is 0 Å². The monoisotopic (exact) mass is 217 g/mol. The minimum atomic E-state index is 0. The Morgan fingerprint density at radius 3 is 0.500 bits per heavy atom. The maximum absolute atomic E-state index is 0. The van der Waals surface area contributed by atoms with Crippen molar-refractivity contribution in [2.75, 3.05) is 0 Å². The Hall–Kier alpha value is 1.13. The van der Waals surface area contributed by atoms with Gasteiger partial charge in [0.25, 0.3) is 0 Å². The Labute approximate surface area is 53.5 Å². The fourth-order valence-corrected chi connectivity index (χ4v) is 0. The molecule has 0 aliphatic heterocycles. The number of hydrogen-bond acceptors (Lipinski definition) is 3. The van der Waals surface area contributed by atoms with E-state index in [0.29, 0.717) is 0 Å². The molecule has 0 unspecified atom stereocenters. The van der Waals surface area contributed by atoms with Crippen molar-refractivity contribution in [1.29, 1.82) is 0 Å². The second-order valence-electron chi connectivity index (χ2n) is 0. The quantitative estimate of drug-likeness (QED) is 0.547. The molecule has 1 radical (unpaired) electrons. The molecule has 0 spiro atoms. The molecule has 0 aromatic carbocycles. The normalized spacial score (nSPS) is 0. The summed E-state index contributed by atoms with van der Waals surface area (Å²) in [6, 6.07) is 0. The molecule has 0 aliphatic carbocycles. The average Bonchev–Trinajstić information content (AvgIpc) is 0. The van der Waals surface area contributed by atoms with Crippen molar-refractivity contribution in [2.24, 2.45) is 0 Å². The molecule has 0 saturated carbocycles. The standard InChI is InChI=1S/Er.3H2O/h;3*1H2/q+3;;;/p-3. The van der Waals surface area contributed by atoms with Gasteiger partial charge < -0.3 is 16.4 Å². The van der Waals surface area contributed by atoms with Crippen LogP contribution in [0.2, 0.25) is 0 Å². The van der Waals surface area contributed by atoms with Crippen LogP contribution in [0, 0.1) is 37.3 Å². The Morgan fingerprint density at radius 2 is 0.500 bits per heavy atom. The van der Waals surface area contributed by atoms with Crippen LogP contribution in [0.3, 0.4) is 0 Å². The predicted molar refractivity (Wildman–Crippen MR) is 5.81 cm³/mol. The van der Waals surface area contributed by atoms with Gasteiger partial charge in [-0.2, -0.15) is 0 Å². The first-order valence-electron chi connectivity index (χ1n) is 0. The molecule has 4 heavy (non-hydrogen) atoms. The summed E-state index contributed by atoms with van der Waals surface area (Å²) in [6.07, 6.45) is 0. The van der Waals surface area contributed by atoms with E-state index in [2.05, 4.69) is 0 Å². The smallest absolute Gasteiger partial charge is 0.870 e. The molecule has 0 heterocycles. The number of hydrogen-bond donors (Lipinski definition) is 0. The van der Waals surface area contributed by atoms with Crippen molar-refractivity contribution >= 4 is 0 Å². The van der Waals surface area contributed by atoms with Crippen LogP contribution >= 0.6 is 0 Å². The van der Waals surface area contributed by atoms with E-state index in [1.807, 2.05) is 0 Å². The van der Waals surface area contributed by atoms with Crippen molar-refractivity contribution in [3.05, 3.63) is 0 Å². The molecule has 0 aromatic rings. The van der Waals surface area contributed by atoms with E-state index in [-0.39, 0.29) is 53.7 Å².